The fourth-order valence-electron chi connectivity index (χ4n) is 1.02. The monoisotopic (exact) mass is 195 g/mol. The molecule has 0 bridgehead atoms. The summed E-state index contributed by atoms with van der Waals surface area (Å²) in [6.45, 7) is 4.09. The third kappa shape index (κ3) is 2.26. The Morgan fingerprint density at radius 2 is 2.36 bits per heavy atom. The number of carbonyl (C=O) groups is 1. The van der Waals surface area contributed by atoms with Crippen molar-refractivity contribution < 1.29 is 9.53 Å². The summed E-state index contributed by atoms with van der Waals surface area (Å²) in [6, 6.07) is 0. The van der Waals surface area contributed by atoms with Gasteiger partial charge in [0.1, 0.15) is 5.82 Å². The number of hydrogen-bond acceptors (Lipinski definition) is 5. The molecule has 0 saturated heterocycles. The Hall–Kier alpha value is -1.49. The van der Waals surface area contributed by atoms with E-state index in [9.17, 15) is 4.79 Å². The number of rotatable bonds is 3. The van der Waals surface area contributed by atoms with Crippen molar-refractivity contribution in [3.05, 3.63) is 23.3 Å². The van der Waals surface area contributed by atoms with E-state index in [0.29, 0.717) is 23.7 Å². The second-order valence-corrected chi connectivity index (χ2v) is 2.71. The summed E-state index contributed by atoms with van der Waals surface area (Å²) < 4.78 is 4.83. The van der Waals surface area contributed by atoms with Gasteiger partial charge in [0.2, 0.25) is 0 Å². The lowest BCUT2D eigenvalue weighted by atomic mass is 10.2. The minimum atomic E-state index is -0.395. The number of carbonyl (C=O) groups excluding carboxylic acids is 1. The number of ether oxygens (including phenoxy) is 1. The molecule has 76 valence electrons. The van der Waals surface area contributed by atoms with Crippen molar-refractivity contribution in [2.75, 3.05) is 6.61 Å². The average molecular weight is 195 g/mol. The predicted octanol–water partition coefficient (Wildman–Crippen LogP) is 0.420. The van der Waals surface area contributed by atoms with Crippen LogP contribution in [-0.4, -0.2) is 22.5 Å². The maximum atomic E-state index is 11.3. The van der Waals surface area contributed by atoms with Gasteiger partial charge in [-0.05, 0) is 13.8 Å². The van der Waals surface area contributed by atoms with E-state index >= 15 is 0 Å². The van der Waals surface area contributed by atoms with Crippen molar-refractivity contribution in [2.45, 2.75) is 20.4 Å². The molecule has 0 atom stereocenters. The van der Waals surface area contributed by atoms with E-state index in [1.807, 2.05) is 0 Å². The molecular formula is C9H13N3O2. The van der Waals surface area contributed by atoms with Crippen LogP contribution in [0.25, 0.3) is 0 Å². The van der Waals surface area contributed by atoms with Crippen molar-refractivity contribution in [1.82, 2.24) is 9.97 Å². The highest BCUT2D eigenvalue weighted by molar-refractivity contribution is 5.90. The third-order valence-corrected chi connectivity index (χ3v) is 1.71. The lowest BCUT2D eigenvalue weighted by Gasteiger charge is -2.04. The lowest BCUT2D eigenvalue weighted by Crippen LogP contribution is -2.11. The van der Waals surface area contributed by atoms with Crippen LogP contribution in [0.2, 0.25) is 0 Å². The van der Waals surface area contributed by atoms with Gasteiger partial charge in [0.15, 0.2) is 0 Å². The van der Waals surface area contributed by atoms with Crippen LogP contribution in [0.5, 0.6) is 0 Å². The zero-order valence-corrected chi connectivity index (χ0v) is 8.28. The Morgan fingerprint density at radius 1 is 1.64 bits per heavy atom. The van der Waals surface area contributed by atoms with E-state index in [1.54, 1.807) is 13.8 Å². The molecule has 0 spiro atoms. The molecule has 5 nitrogen and oxygen atoms in total. The number of nitrogens with two attached hydrogens (primary N) is 1. The summed E-state index contributed by atoms with van der Waals surface area (Å²) in [7, 11) is 0. The smallest absolute Gasteiger partial charge is 0.341 e. The number of nitrogens with zero attached hydrogens (tertiary/aromatic N) is 2. The van der Waals surface area contributed by atoms with Crippen LogP contribution in [0.15, 0.2) is 6.20 Å². The molecule has 0 aliphatic heterocycles. The van der Waals surface area contributed by atoms with Gasteiger partial charge < -0.3 is 10.5 Å². The Kier molecular flexibility index (Phi) is 3.53. The van der Waals surface area contributed by atoms with Crippen molar-refractivity contribution in [1.29, 1.82) is 0 Å². The van der Waals surface area contributed by atoms with E-state index in [4.69, 9.17) is 10.5 Å². The Balaban J connectivity index is 2.94. The summed E-state index contributed by atoms with van der Waals surface area (Å²) in [5.41, 5.74) is 6.35. The number of aromatic nitrogens is 2. The lowest BCUT2D eigenvalue weighted by molar-refractivity contribution is 0.0524. The van der Waals surface area contributed by atoms with Crippen LogP contribution in [0.4, 0.5) is 0 Å². The molecule has 0 aromatic carbocycles. The number of aryl methyl sites for hydroxylation is 1. The van der Waals surface area contributed by atoms with Gasteiger partial charge in [-0.1, -0.05) is 0 Å². The van der Waals surface area contributed by atoms with Gasteiger partial charge in [0.05, 0.1) is 24.4 Å². The van der Waals surface area contributed by atoms with Gasteiger partial charge in [0.25, 0.3) is 0 Å². The molecule has 0 unspecified atom stereocenters. The summed E-state index contributed by atoms with van der Waals surface area (Å²) >= 11 is 0. The standard InChI is InChI=1S/C9H13N3O2/c1-3-14-9(13)7-5-11-8(4-10)12-6(7)2/h5H,3-4,10H2,1-2H3. The van der Waals surface area contributed by atoms with Gasteiger partial charge in [0, 0.05) is 6.20 Å². The van der Waals surface area contributed by atoms with Gasteiger partial charge in [-0.3, -0.25) is 0 Å². The van der Waals surface area contributed by atoms with Crippen LogP contribution in [0.1, 0.15) is 28.8 Å². The first kappa shape index (κ1) is 10.6. The highest BCUT2D eigenvalue weighted by Gasteiger charge is 2.11. The van der Waals surface area contributed by atoms with Crippen LogP contribution >= 0.6 is 0 Å². The van der Waals surface area contributed by atoms with E-state index in [1.165, 1.54) is 6.20 Å². The second-order valence-electron chi connectivity index (χ2n) is 2.71. The van der Waals surface area contributed by atoms with Gasteiger partial charge in [-0.25, -0.2) is 14.8 Å². The maximum absolute atomic E-state index is 11.3. The highest BCUT2D eigenvalue weighted by atomic mass is 16.5. The largest absolute Gasteiger partial charge is 0.462 e. The van der Waals surface area contributed by atoms with Crippen molar-refractivity contribution >= 4 is 5.97 Å². The van der Waals surface area contributed by atoms with Crippen molar-refractivity contribution in [3.8, 4) is 0 Å². The van der Waals surface area contributed by atoms with Crippen LogP contribution < -0.4 is 5.73 Å². The maximum Gasteiger partial charge on any atom is 0.341 e. The van der Waals surface area contributed by atoms with Crippen LogP contribution in [0.3, 0.4) is 0 Å². The molecule has 2 N–H and O–H groups in total. The fourth-order valence-corrected chi connectivity index (χ4v) is 1.02. The minimum Gasteiger partial charge on any atom is -0.462 e. The molecule has 0 radical (unpaired) electrons. The molecule has 1 aromatic rings. The number of esters is 1. The van der Waals surface area contributed by atoms with Gasteiger partial charge >= 0.3 is 5.97 Å². The predicted molar refractivity (Wildman–Crippen MR) is 50.6 cm³/mol. The van der Waals surface area contributed by atoms with E-state index in [2.05, 4.69) is 9.97 Å². The Morgan fingerprint density at radius 3 is 2.86 bits per heavy atom. The fraction of sp³-hybridized carbons (Fsp3) is 0.444. The van der Waals surface area contributed by atoms with Crippen molar-refractivity contribution in [2.24, 2.45) is 5.73 Å². The first-order valence-corrected chi connectivity index (χ1v) is 4.38. The highest BCUT2D eigenvalue weighted by Crippen LogP contribution is 2.05. The summed E-state index contributed by atoms with van der Waals surface area (Å²) in [5.74, 6) is 0.129. The minimum absolute atomic E-state index is 0.268. The van der Waals surface area contributed by atoms with E-state index in [-0.39, 0.29) is 6.54 Å². The molecule has 0 aliphatic carbocycles. The quantitative estimate of drug-likeness (QED) is 0.707. The first-order chi connectivity index (χ1) is 6.69. The first-order valence-electron chi connectivity index (χ1n) is 4.38. The molecule has 1 aromatic heterocycles. The summed E-state index contributed by atoms with van der Waals surface area (Å²) in [4.78, 5) is 19.3. The van der Waals surface area contributed by atoms with E-state index < -0.39 is 5.97 Å². The normalized spacial score (nSPS) is 9.93. The summed E-state index contributed by atoms with van der Waals surface area (Å²) in [5, 5.41) is 0. The van der Waals surface area contributed by atoms with Gasteiger partial charge in [-0.15, -0.1) is 0 Å². The molecule has 5 heteroatoms. The molecular weight excluding hydrogens is 182 g/mol. The second kappa shape index (κ2) is 4.66. The van der Waals surface area contributed by atoms with Crippen LogP contribution in [-0.2, 0) is 11.3 Å². The van der Waals surface area contributed by atoms with Crippen LogP contribution in [0, 0.1) is 6.92 Å². The molecule has 0 aliphatic rings. The summed E-state index contributed by atoms with van der Waals surface area (Å²) in [6.07, 6.45) is 1.45. The molecule has 0 saturated carbocycles. The van der Waals surface area contributed by atoms with E-state index in [0.717, 1.165) is 0 Å². The number of hydrogen-bond donors (Lipinski definition) is 1. The molecule has 1 rings (SSSR count). The molecule has 0 amide bonds. The zero-order valence-electron chi connectivity index (χ0n) is 8.28. The molecule has 0 fully saturated rings. The Bertz CT molecular complexity index is 339. The molecule has 1 heterocycles. The molecule has 14 heavy (non-hydrogen) atoms. The SMILES string of the molecule is CCOC(=O)c1cnc(CN)nc1C. The zero-order chi connectivity index (χ0) is 10.6. The third-order valence-electron chi connectivity index (χ3n) is 1.71. The topological polar surface area (TPSA) is 78.1 Å². The van der Waals surface area contributed by atoms with Gasteiger partial charge in [-0.2, -0.15) is 0 Å². The van der Waals surface area contributed by atoms with Crippen molar-refractivity contribution in [3.63, 3.8) is 0 Å². The average Bonchev–Trinajstić information content (AvgIpc) is 2.17. The Labute approximate surface area is 82.3 Å².